The first-order valence-electron chi connectivity index (χ1n) is 29.4. The minimum atomic E-state index is -1.91. The van der Waals surface area contributed by atoms with Gasteiger partial charge >= 0.3 is 6.09 Å². The number of H-pyrrole nitrogens is 1. The number of alkyl carbamates (subject to hydrolysis) is 1. The van der Waals surface area contributed by atoms with Crippen LogP contribution in [-0.4, -0.2) is 199 Å². The van der Waals surface area contributed by atoms with Crippen LogP contribution in [0.5, 0.6) is 5.75 Å². The molecule has 0 aliphatic carbocycles. The van der Waals surface area contributed by atoms with E-state index in [9.17, 15) is 53.3 Å². The molecule has 0 spiro atoms. The number of carbonyl (C=O) groups excluding carboxylic acids is 7. The molecule has 2 aromatic heterocycles. The predicted molar refractivity (Wildman–Crippen MR) is 331 cm³/mol. The van der Waals surface area contributed by atoms with Crippen molar-refractivity contribution in [1.29, 1.82) is 0 Å². The number of hydrogen-bond donors (Lipinski definition) is 13. The number of aliphatic hydroxyl groups is 3. The van der Waals surface area contributed by atoms with E-state index in [2.05, 4.69) is 51.8 Å². The highest BCUT2D eigenvalue weighted by Crippen LogP contribution is 2.44. The molecule has 0 radical (unpaired) electrons. The maximum absolute atomic E-state index is 15.0. The number of carbonyl (C=O) groups is 7. The third kappa shape index (κ3) is 18.7. The lowest BCUT2D eigenvalue weighted by Crippen LogP contribution is -2.63. The zero-order valence-corrected chi connectivity index (χ0v) is 51.7. The van der Waals surface area contributed by atoms with E-state index in [1.165, 1.54) is 56.3 Å². The van der Waals surface area contributed by atoms with Gasteiger partial charge in [0, 0.05) is 82.1 Å². The van der Waals surface area contributed by atoms with Gasteiger partial charge in [0.05, 0.1) is 61.3 Å². The number of rotatable bonds is 28. The maximum atomic E-state index is 15.0. The number of imidazole rings is 1. The third-order valence-corrected chi connectivity index (χ3v) is 15.1. The van der Waals surface area contributed by atoms with E-state index < -0.39 is 90.2 Å². The van der Waals surface area contributed by atoms with Crippen LogP contribution in [0.25, 0.3) is 33.5 Å². The monoisotopic (exact) mass is 1270 g/mol. The fraction of sp³-hybridized carbons (Fsp3) is 0.483. The molecule has 30 heteroatoms. The number of anilines is 3. The number of piperidine rings is 1. The number of aromatic amines is 1. The average molecular weight is 1280 g/mol. The molecule has 7 amide bonds. The van der Waals surface area contributed by atoms with E-state index >= 15 is 0 Å². The number of methoxy groups -OCH3 is 1. The Balaban J connectivity index is 0.874. The van der Waals surface area contributed by atoms with Crippen LogP contribution in [0.1, 0.15) is 57.6 Å². The van der Waals surface area contributed by atoms with Crippen LogP contribution >= 0.6 is 11.6 Å². The smallest absolute Gasteiger partial charge is 0.407 e. The van der Waals surface area contributed by atoms with Gasteiger partial charge in [-0.1, -0.05) is 37.6 Å². The number of hydrogen-bond acceptors (Lipinski definition) is 20. The van der Waals surface area contributed by atoms with E-state index in [0.717, 1.165) is 24.1 Å². The number of halogens is 2. The summed E-state index contributed by atoms with van der Waals surface area (Å²) in [6.45, 7) is 7.74. The molecule has 90 heavy (non-hydrogen) atoms. The van der Waals surface area contributed by atoms with Crippen molar-refractivity contribution in [1.82, 2.24) is 46.4 Å². The molecule has 28 nitrogen and oxygen atoms in total. The zero-order chi connectivity index (χ0) is 65.3. The van der Waals surface area contributed by atoms with Crippen molar-refractivity contribution < 1.29 is 72.2 Å². The molecule has 7 rings (SSSR count). The first kappa shape index (κ1) is 69.2. The third-order valence-electron chi connectivity index (χ3n) is 14.9. The number of pyridine rings is 1. The SMILES string of the molecule is COC(=O)NCc1ccc(NC(=O)[C@H](C)NC(=O)[C@@H](NC(=O)CCOCCC(=O)N(C)CC(=O)NCCNc2ncc(-c3cc(C)cc(F)c3)c(N3CCC(N)CC3)c2-c2nc3ccc(Cl)cc3[nH]2)C(C)C)c(O[C@@H]2O[C@H](C(=O)NCCN)[C@@H](O)[C@H](O)[C@H]2O)c1. The van der Waals surface area contributed by atoms with Crippen LogP contribution in [0.4, 0.5) is 26.4 Å². The van der Waals surface area contributed by atoms with Gasteiger partial charge in [0.2, 0.25) is 35.8 Å². The number of aromatic nitrogens is 3. The molecule has 0 saturated carbocycles. The molecule has 488 valence electrons. The lowest BCUT2D eigenvalue weighted by atomic mass is 9.96. The van der Waals surface area contributed by atoms with Crippen molar-refractivity contribution in [3.63, 3.8) is 0 Å². The summed E-state index contributed by atoms with van der Waals surface area (Å²) in [6, 6.07) is 12.1. The molecular formula is C60H80ClFN14O14. The number of likely N-dealkylation sites (N-methyl/N-ethyl adjacent to an activating group) is 1. The number of nitrogens with two attached hydrogens (primary N) is 2. The Morgan fingerprint density at radius 1 is 0.889 bits per heavy atom. The Kier molecular flexibility index (Phi) is 24.9. The normalized spacial score (nSPS) is 18.2. The molecule has 5 aromatic rings. The van der Waals surface area contributed by atoms with Gasteiger partial charge in [0.25, 0.3) is 5.91 Å². The number of aliphatic hydroxyl groups excluding tert-OH is 3. The van der Waals surface area contributed by atoms with Gasteiger partial charge in [0.15, 0.2) is 6.10 Å². The molecule has 0 bridgehead atoms. The summed E-state index contributed by atoms with van der Waals surface area (Å²) in [7, 11) is 2.64. The van der Waals surface area contributed by atoms with Gasteiger partial charge in [-0.25, -0.2) is 19.2 Å². The van der Waals surface area contributed by atoms with Crippen LogP contribution in [0, 0.1) is 18.7 Å². The zero-order valence-electron chi connectivity index (χ0n) is 50.9. The van der Waals surface area contributed by atoms with Crippen LogP contribution in [0.3, 0.4) is 0 Å². The first-order chi connectivity index (χ1) is 42.9. The average Bonchev–Trinajstić information content (AvgIpc) is 1.53. The predicted octanol–water partition coefficient (Wildman–Crippen LogP) is 1.51. The lowest BCUT2D eigenvalue weighted by Gasteiger charge is -2.39. The van der Waals surface area contributed by atoms with Gasteiger partial charge in [-0.3, -0.25) is 28.8 Å². The fourth-order valence-electron chi connectivity index (χ4n) is 9.97. The van der Waals surface area contributed by atoms with E-state index in [0.29, 0.717) is 63.0 Å². The lowest BCUT2D eigenvalue weighted by molar-refractivity contribution is -0.266. The molecular weight excluding hydrogens is 1200 g/mol. The highest BCUT2D eigenvalue weighted by Gasteiger charge is 2.48. The number of nitrogens with zero attached hydrogens (tertiary/aromatic N) is 4. The summed E-state index contributed by atoms with van der Waals surface area (Å²) in [4.78, 5) is 108. The number of ether oxygens (including phenoxy) is 4. The van der Waals surface area contributed by atoms with Crippen molar-refractivity contribution in [3.8, 4) is 28.3 Å². The Labute approximate surface area is 524 Å². The van der Waals surface area contributed by atoms with Crippen molar-refractivity contribution in [2.75, 3.05) is 88.7 Å². The van der Waals surface area contributed by atoms with Gasteiger partial charge in [-0.15, -0.1) is 0 Å². The fourth-order valence-corrected chi connectivity index (χ4v) is 10.1. The summed E-state index contributed by atoms with van der Waals surface area (Å²) in [6.07, 6.45) is -7.03. The van der Waals surface area contributed by atoms with Crippen molar-refractivity contribution >= 4 is 81.4 Å². The van der Waals surface area contributed by atoms with Crippen LogP contribution in [-0.2, 0) is 49.5 Å². The van der Waals surface area contributed by atoms with Gasteiger partial charge < -0.3 is 97.7 Å². The van der Waals surface area contributed by atoms with Crippen LogP contribution < -0.4 is 58.3 Å². The Morgan fingerprint density at radius 2 is 1.63 bits per heavy atom. The quantitative estimate of drug-likeness (QED) is 0.0316. The second-order valence-electron chi connectivity index (χ2n) is 22.3. The Hall–Kier alpha value is -8.29. The highest BCUT2D eigenvalue weighted by molar-refractivity contribution is 6.31. The molecule has 3 aromatic carbocycles. The molecule has 2 saturated heterocycles. The second kappa shape index (κ2) is 32.4. The van der Waals surface area contributed by atoms with Crippen LogP contribution in [0.2, 0.25) is 5.02 Å². The number of aryl methyl sites for hydroxylation is 1. The van der Waals surface area contributed by atoms with Crippen molar-refractivity contribution in [2.45, 2.75) is 109 Å². The van der Waals surface area contributed by atoms with E-state index in [1.54, 1.807) is 32.2 Å². The number of fused-ring (bicyclic) bond motifs is 1. The van der Waals surface area contributed by atoms with Gasteiger partial charge in [-0.05, 0) is 91.8 Å². The van der Waals surface area contributed by atoms with E-state index in [-0.39, 0.29) is 88.6 Å². The number of nitrogens with one attached hydrogen (secondary N) is 8. The molecule has 2 aliphatic rings. The molecule has 2 aliphatic heterocycles. The Bertz CT molecular complexity index is 3330. The number of amides is 7. The molecule has 2 fully saturated rings. The molecule has 4 heterocycles. The summed E-state index contributed by atoms with van der Waals surface area (Å²) < 4.78 is 36.7. The summed E-state index contributed by atoms with van der Waals surface area (Å²) in [5, 5.41) is 51.5. The molecule has 0 unspecified atom stereocenters. The summed E-state index contributed by atoms with van der Waals surface area (Å²) >= 11 is 6.37. The summed E-state index contributed by atoms with van der Waals surface area (Å²) in [5.74, 6) is -3.75. The van der Waals surface area contributed by atoms with E-state index in [4.69, 9.17) is 47.2 Å². The topological polar surface area (TPSA) is 401 Å². The second-order valence-corrected chi connectivity index (χ2v) is 22.7. The molecule has 7 atom stereocenters. The first-order valence-corrected chi connectivity index (χ1v) is 29.8. The largest absolute Gasteiger partial charge is 0.460 e. The van der Waals surface area contributed by atoms with E-state index in [1.807, 2.05) is 19.1 Å². The summed E-state index contributed by atoms with van der Waals surface area (Å²) in [5.41, 5.74) is 17.1. The maximum Gasteiger partial charge on any atom is 0.407 e. The van der Waals surface area contributed by atoms with Gasteiger partial charge in [0.1, 0.15) is 53.6 Å². The molecule has 15 N–H and O–H groups in total. The van der Waals surface area contributed by atoms with Gasteiger partial charge in [-0.2, -0.15) is 0 Å². The highest BCUT2D eigenvalue weighted by atomic mass is 35.5. The van der Waals surface area contributed by atoms with Crippen molar-refractivity contribution in [3.05, 3.63) is 82.8 Å². The Morgan fingerprint density at radius 3 is 2.34 bits per heavy atom. The number of benzene rings is 3. The standard InChI is InChI=1S/C60H80ClFN14O14/c1-31(2)48(57(84)70-33(4)56(83)73-41-9-7-34(28-69-60(86)87-6)25-43(41)89-59-52(82)50(80)51(81)53(90-59)58(85)67-16-15-63)74-44(77)13-21-88-22-14-46(79)75(5)30-45(78)65-17-18-66-54-47(55-71-40-10-8-36(61)27-42(40)72-55)49(76-19-11-38(64)12-20-76)39(29-68-54)35-23-32(3)24-37(62)26-35/h7-10,23-27,29,31,33,38,48,50-53,59,80-82H,11-22,28,30,63-64H2,1-6H3,(H,65,78)(H,66,68)(H,67,85)(H,69,86)(H,70,84)(H,71,72)(H,73,83)(H,74,77)/t33-,48-,50-,51-,52+,53-,59+/m0/s1. The van der Waals surface area contributed by atoms with Crippen molar-refractivity contribution in [2.24, 2.45) is 17.4 Å². The minimum Gasteiger partial charge on any atom is -0.460 e. The minimum absolute atomic E-state index is 0.0122. The van der Waals surface area contributed by atoms with Crippen LogP contribution in [0.15, 0.2) is 60.8 Å².